The summed E-state index contributed by atoms with van der Waals surface area (Å²) in [5.41, 5.74) is 0.852. The van der Waals surface area contributed by atoms with Crippen molar-refractivity contribution < 1.29 is 18.8 Å². The molecule has 0 aliphatic carbocycles. The minimum Gasteiger partial charge on any atom is -0.459 e. The molecule has 7 heteroatoms. The maximum atomic E-state index is 12.5. The average Bonchev–Trinajstić information content (AvgIpc) is 3.41. The first-order valence-corrected chi connectivity index (χ1v) is 9.33. The number of fused-ring (bicyclic) bond motifs is 1. The lowest BCUT2D eigenvalue weighted by atomic mass is 10.2. The molecule has 1 saturated heterocycles. The van der Waals surface area contributed by atoms with E-state index in [1.165, 1.54) is 6.26 Å². The number of piperazine rings is 1. The number of nitrogens with zero attached hydrogens (tertiary/aromatic N) is 3. The van der Waals surface area contributed by atoms with Gasteiger partial charge in [-0.25, -0.2) is 0 Å². The molecule has 3 aromatic rings. The Bertz CT molecular complexity index is 998. The lowest BCUT2D eigenvalue weighted by Gasteiger charge is -2.34. The maximum Gasteiger partial charge on any atom is 0.289 e. The van der Waals surface area contributed by atoms with Crippen LogP contribution in [0.15, 0.2) is 59.3 Å². The number of para-hydroxylation sites is 1. The Kier molecular flexibility index (Phi) is 4.97. The summed E-state index contributed by atoms with van der Waals surface area (Å²) >= 11 is 0. The van der Waals surface area contributed by atoms with E-state index in [-0.39, 0.29) is 30.6 Å². The summed E-state index contributed by atoms with van der Waals surface area (Å²) < 4.78 is 6.74. The molecule has 144 valence electrons. The summed E-state index contributed by atoms with van der Waals surface area (Å²) in [5.74, 6) is -0.00724. The molecule has 0 spiro atoms. The number of amides is 2. The topological polar surface area (TPSA) is 75.8 Å². The van der Waals surface area contributed by atoms with Gasteiger partial charge in [0.05, 0.1) is 11.8 Å². The van der Waals surface area contributed by atoms with Crippen LogP contribution in [0.3, 0.4) is 0 Å². The smallest absolute Gasteiger partial charge is 0.289 e. The number of benzene rings is 1. The van der Waals surface area contributed by atoms with Gasteiger partial charge in [-0.15, -0.1) is 0 Å². The van der Waals surface area contributed by atoms with Gasteiger partial charge in [-0.3, -0.25) is 19.0 Å². The number of hydrogen-bond acceptors (Lipinski definition) is 4. The van der Waals surface area contributed by atoms with Gasteiger partial charge in [-0.1, -0.05) is 18.2 Å². The van der Waals surface area contributed by atoms with Crippen molar-refractivity contribution in [2.75, 3.05) is 26.2 Å². The van der Waals surface area contributed by atoms with Gasteiger partial charge in [0.1, 0.15) is 0 Å². The van der Waals surface area contributed by atoms with Gasteiger partial charge in [0.25, 0.3) is 5.91 Å². The summed E-state index contributed by atoms with van der Waals surface area (Å²) in [5, 5.41) is 1.000. The molecule has 1 aliphatic heterocycles. The Labute approximate surface area is 162 Å². The van der Waals surface area contributed by atoms with Crippen molar-refractivity contribution in [1.29, 1.82) is 0 Å². The minimum absolute atomic E-state index is 0.0603. The third-order valence-corrected chi connectivity index (χ3v) is 5.07. The van der Waals surface area contributed by atoms with Gasteiger partial charge in [-0.2, -0.15) is 0 Å². The Hall–Kier alpha value is -3.35. The number of rotatable bonds is 4. The third-order valence-electron chi connectivity index (χ3n) is 5.07. The van der Waals surface area contributed by atoms with E-state index in [1.807, 2.05) is 30.3 Å². The molecular weight excluding hydrogens is 358 g/mol. The van der Waals surface area contributed by atoms with Crippen LogP contribution in [0.2, 0.25) is 0 Å². The van der Waals surface area contributed by atoms with Gasteiger partial charge in [0, 0.05) is 50.6 Å². The van der Waals surface area contributed by atoms with E-state index >= 15 is 0 Å². The van der Waals surface area contributed by atoms with E-state index in [4.69, 9.17) is 4.42 Å². The predicted octanol–water partition coefficient (Wildman–Crippen LogP) is 2.64. The van der Waals surface area contributed by atoms with Crippen molar-refractivity contribution in [1.82, 2.24) is 14.4 Å². The molecule has 2 amide bonds. The second kappa shape index (κ2) is 7.72. The molecule has 0 bridgehead atoms. The number of aromatic nitrogens is 1. The van der Waals surface area contributed by atoms with Crippen LogP contribution in [0.25, 0.3) is 10.9 Å². The Morgan fingerprint density at radius 3 is 2.29 bits per heavy atom. The summed E-state index contributed by atoms with van der Waals surface area (Å²) in [6.07, 6.45) is 3.54. The first kappa shape index (κ1) is 18.0. The Morgan fingerprint density at radius 1 is 0.821 bits per heavy atom. The molecule has 4 rings (SSSR count). The molecule has 7 nitrogen and oxygen atoms in total. The van der Waals surface area contributed by atoms with Crippen LogP contribution in [0, 0.1) is 0 Å². The van der Waals surface area contributed by atoms with Gasteiger partial charge >= 0.3 is 0 Å². The van der Waals surface area contributed by atoms with Gasteiger partial charge < -0.3 is 14.2 Å². The van der Waals surface area contributed by atoms with Crippen LogP contribution in [0.1, 0.15) is 28.2 Å². The Balaban J connectivity index is 1.29. The van der Waals surface area contributed by atoms with E-state index in [9.17, 15) is 14.4 Å². The fourth-order valence-electron chi connectivity index (χ4n) is 3.51. The first-order valence-electron chi connectivity index (χ1n) is 9.33. The average molecular weight is 379 g/mol. The molecule has 0 unspecified atom stereocenters. The zero-order valence-corrected chi connectivity index (χ0v) is 15.4. The minimum atomic E-state index is -0.160. The predicted molar refractivity (Wildman–Crippen MR) is 103 cm³/mol. The lowest BCUT2D eigenvalue weighted by molar-refractivity contribution is -0.132. The summed E-state index contributed by atoms with van der Waals surface area (Å²) in [7, 11) is 0. The molecule has 0 N–H and O–H groups in total. The van der Waals surface area contributed by atoms with Gasteiger partial charge in [0.15, 0.2) is 5.76 Å². The van der Waals surface area contributed by atoms with Gasteiger partial charge in [-0.05, 0) is 24.3 Å². The molecular formula is C21H21N3O4. The standard InChI is InChI=1S/C21H21N3O4/c25-19(7-8-20(26)24-10-9-16-4-1-2-5-17(16)24)22-11-13-23(14-12-22)21(27)18-6-3-15-28-18/h1-6,9-10,15H,7-8,11-14H2. The number of hydrogen-bond donors (Lipinski definition) is 0. The molecule has 28 heavy (non-hydrogen) atoms. The monoisotopic (exact) mass is 379 g/mol. The highest BCUT2D eigenvalue weighted by Gasteiger charge is 2.26. The molecule has 0 atom stereocenters. The van der Waals surface area contributed by atoms with Crippen molar-refractivity contribution in [3.8, 4) is 0 Å². The largest absolute Gasteiger partial charge is 0.459 e. The van der Waals surface area contributed by atoms with Crippen LogP contribution >= 0.6 is 0 Å². The summed E-state index contributed by atoms with van der Waals surface area (Å²) in [6, 6.07) is 12.9. The van der Waals surface area contributed by atoms with E-state index < -0.39 is 0 Å². The van der Waals surface area contributed by atoms with Crippen LogP contribution in [0.4, 0.5) is 0 Å². The summed E-state index contributed by atoms with van der Waals surface area (Å²) in [6.45, 7) is 1.85. The molecule has 3 heterocycles. The second-order valence-corrected chi connectivity index (χ2v) is 6.79. The zero-order valence-electron chi connectivity index (χ0n) is 15.4. The van der Waals surface area contributed by atoms with Crippen molar-refractivity contribution in [3.63, 3.8) is 0 Å². The second-order valence-electron chi connectivity index (χ2n) is 6.79. The molecule has 1 aliphatic rings. The first-order chi connectivity index (χ1) is 13.6. The van der Waals surface area contributed by atoms with Crippen LogP contribution in [0.5, 0.6) is 0 Å². The number of furan rings is 1. The number of carbonyl (C=O) groups excluding carboxylic acids is 3. The molecule has 2 aromatic heterocycles. The van der Waals surface area contributed by atoms with E-state index in [2.05, 4.69) is 0 Å². The van der Waals surface area contributed by atoms with E-state index in [1.54, 1.807) is 32.7 Å². The van der Waals surface area contributed by atoms with Crippen molar-refractivity contribution >= 4 is 28.6 Å². The lowest BCUT2D eigenvalue weighted by Crippen LogP contribution is -2.50. The van der Waals surface area contributed by atoms with Crippen LogP contribution in [-0.4, -0.2) is 58.3 Å². The molecule has 0 radical (unpaired) electrons. The fraction of sp³-hybridized carbons (Fsp3) is 0.286. The maximum absolute atomic E-state index is 12.5. The summed E-state index contributed by atoms with van der Waals surface area (Å²) in [4.78, 5) is 40.7. The quantitative estimate of drug-likeness (QED) is 0.698. The highest BCUT2D eigenvalue weighted by molar-refractivity contribution is 5.94. The normalized spacial score (nSPS) is 14.4. The van der Waals surface area contributed by atoms with Crippen molar-refractivity contribution in [2.24, 2.45) is 0 Å². The SMILES string of the molecule is O=C(CCC(=O)n1ccc2ccccc21)N1CCN(C(=O)c2ccco2)CC1. The molecule has 0 saturated carbocycles. The zero-order chi connectivity index (χ0) is 19.5. The van der Waals surface area contributed by atoms with Crippen molar-refractivity contribution in [3.05, 3.63) is 60.7 Å². The third kappa shape index (κ3) is 3.55. The van der Waals surface area contributed by atoms with Crippen molar-refractivity contribution in [2.45, 2.75) is 12.8 Å². The highest BCUT2D eigenvalue weighted by Crippen LogP contribution is 2.16. The van der Waals surface area contributed by atoms with E-state index in [0.29, 0.717) is 31.9 Å². The number of carbonyl (C=O) groups is 3. The molecule has 1 aromatic carbocycles. The molecule has 1 fully saturated rings. The fourth-order valence-corrected chi connectivity index (χ4v) is 3.51. The van der Waals surface area contributed by atoms with Crippen LogP contribution in [-0.2, 0) is 4.79 Å². The van der Waals surface area contributed by atoms with E-state index in [0.717, 1.165) is 10.9 Å². The van der Waals surface area contributed by atoms with Gasteiger partial charge in [0.2, 0.25) is 11.8 Å². The highest BCUT2D eigenvalue weighted by atomic mass is 16.3. The van der Waals surface area contributed by atoms with Crippen LogP contribution < -0.4 is 0 Å². The Morgan fingerprint density at radius 2 is 1.54 bits per heavy atom.